The van der Waals surface area contributed by atoms with Gasteiger partial charge in [0.15, 0.2) is 5.82 Å². The van der Waals surface area contributed by atoms with Crippen LogP contribution in [0.4, 0.5) is 0 Å². The van der Waals surface area contributed by atoms with E-state index in [0.717, 1.165) is 48.9 Å². The van der Waals surface area contributed by atoms with E-state index in [-0.39, 0.29) is 11.3 Å². The molecule has 1 atom stereocenters. The molecule has 2 aliphatic heterocycles. The first kappa shape index (κ1) is 18.5. The first-order chi connectivity index (χ1) is 13.3. The average molecular weight is 423 g/mol. The van der Waals surface area contributed by atoms with Gasteiger partial charge in [0, 0.05) is 49.1 Å². The fourth-order valence-electron chi connectivity index (χ4n) is 4.58. The number of hydrogen-bond acceptors (Lipinski definition) is 6. The second kappa shape index (κ2) is 6.52. The van der Waals surface area contributed by atoms with Crippen molar-refractivity contribution in [3.05, 3.63) is 46.6 Å². The third-order valence-electron chi connectivity index (χ3n) is 6.16. The fourth-order valence-corrected chi connectivity index (χ4v) is 5.71. The lowest BCUT2D eigenvalue weighted by atomic mass is 9.71. The summed E-state index contributed by atoms with van der Waals surface area (Å²) in [7, 11) is -3.26. The van der Waals surface area contributed by atoms with E-state index in [2.05, 4.69) is 21.1 Å². The number of rotatable bonds is 5. The third-order valence-corrected chi connectivity index (χ3v) is 7.61. The molecule has 28 heavy (non-hydrogen) atoms. The highest BCUT2D eigenvalue weighted by molar-refractivity contribution is 7.88. The lowest BCUT2D eigenvalue weighted by molar-refractivity contribution is -0.0117. The van der Waals surface area contributed by atoms with Crippen molar-refractivity contribution < 1.29 is 12.9 Å². The molecule has 0 amide bonds. The van der Waals surface area contributed by atoms with E-state index in [9.17, 15) is 8.42 Å². The second-order valence-electron chi connectivity index (χ2n) is 8.51. The number of likely N-dealkylation sites (tertiary alicyclic amines) is 1. The van der Waals surface area contributed by atoms with Crippen LogP contribution in [0.25, 0.3) is 0 Å². The molecule has 1 aliphatic carbocycles. The van der Waals surface area contributed by atoms with E-state index >= 15 is 0 Å². The Bertz CT molecular complexity index is 998. The Morgan fingerprint density at radius 1 is 1.29 bits per heavy atom. The maximum absolute atomic E-state index is 12.2. The van der Waals surface area contributed by atoms with Gasteiger partial charge in [0.2, 0.25) is 15.9 Å². The summed E-state index contributed by atoms with van der Waals surface area (Å²) < 4.78 is 31.6. The van der Waals surface area contributed by atoms with Crippen LogP contribution in [0.3, 0.4) is 0 Å². The predicted octanol–water partition coefficient (Wildman–Crippen LogP) is 2.46. The molecule has 3 heterocycles. The standard InChI is InChI=1S/C19H23ClN4O3S/c1-28(25,26)24-9-16(18-21-17(22-27-18)14-5-6-14)19(12-24)10-23(11-19)8-13-3-2-4-15(20)7-13/h2-4,7,14,16H,5-6,8-12H2,1H3. The van der Waals surface area contributed by atoms with E-state index in [0.29, 0.717) is 24.9 Å². The van der Waals surface area contributed by atoms with Gasteiger partial charge in [-0.05, 0) is 30.5 Å². The molecule has 3 fully saturated rings. The summed E-state index contributed by atoms with van der Waals surface area (Å²) in [6.45, 7) is 3.32. The van der Waals surface area contributed by atoms with E-state index in [4.69, 9.17) is 16.1 Å². The number of sulfonamides is 1. The Balaban J connectivity index is 1.36. The van der Waals surface area contributed by atoms with Gasteiger partial charge in [-0.3, -0.25) is 4.90 Å². The van der Waals surface area contributed by atoms with Crippen molar-refractivity contribution in [3.8, 4) is 0 Å². The fraction of sp³-hybridized carbons (Fsp3) is 0.579. The van der Waals surface area contributed by atoms with E-state index in [1.165, 1.54) is 6.26 Å². The number of halogens is 1. The Morgan fingerprint density at radius 2 is 2.07 bits per heavy atom. The highest BCUT2D eigenvalue weighted by Crippen LogP contribution is 2.50. The van der Waals surface area contributed by atoms with Crippen molar-refractivity contribution in [2.75, 3.05) is 32.4 Å². The van der Waals surface area contributed by atoms with Crippen LogP contribution in [0.2, 0.25) is 5.02 Å². The van der Waals surface area contributed by atoms with Crippen LogP contribution in [0, 0.1) is 5.41 Å². The zero-order chi connectivity index (χ0) is 19.5. The first-order valence-electron chi connectivity index (χ1n) is 9.58. The van der Waals surface area contributed by atoms with Crippen LogP contribution in [-0.4, -0.2) is 60.2 Å². The summed E-state index contributed by atoms with van der Waals surface area (Å²) in [4.78, 5) is 6.96. The Kier molecular flexibility index (Phi) is 4.32. The van der Waals surface area contributed by atoms with E-state index < -0.39 is 10.0 Å². The molecule has 1 saturated carbocycles. The van der Waals surface area contributed by atoms with Crippen LogP contribution < -0.4 is 0 Å². The lowest BCUT2D eigenvalue weighted by Gasteiger charge is -2.50. The number of hydrogen-bond donors (Lipinski definition) is 0. The normalized spacial score (nSPS) is 25.3. The van der Waals surface area contributed by atoms with Crippen LogP contribution in [0.5, 0.6) is 0 Å². The SMILES string of the molecule is CS(=O)(=O)N1CC(c2nc(C3CC3)no2)C2(CN(Cc3cccc(Cl)c3)C2)C1. The summed E-state index contributed by atoms with van der Waals surface area (Å²) in [6, 6.07) is 7.86. The smallest absolute Gasteiger partial charge is 0.231 e. The van der Waals surface area contributed by atoms with Crippen LogP contribution >= 0.6 is 11.6 Å². The molecule has 7 nitrogen and oxygen atoms in total. The van der Waals surface area contributed by atoms with Crippen molar-refractivity contribution in [1.29, 1.82) is 0 Å². The Morgan fingerprint density at radius 3 is 2.75 bits per heavy atom. The summed E-state index contributed by atoms with van der Waals surface area (Å²) >= 11 is 6.10. The first-order valence-corrected chi connectivity index (χ1v) is 11.8. The minimum Gasteiger partial charge on any atom is -0.339 e. The van der Waals surface area contributed by atoms with Crippen molar-refractivity contribution in [2.45, 2.75) is 31.2 Å². The number of benzene rings is 1. The Hall–Kier alpha value is -1.48. The second-order valence-corrected chi connectivity index (χ2v) is 10.9. The lowest BCUT2D eigenvalue weighted by Crippen LogP contribution is -2.59. The maximum atomic E-state index is 12.2. The zero-order valence-corrected chi connectivity index (χ0v) is 17.3. The van der Waals surface area contributed by atoms with Gasteiger partial charge in [-0.25, -0.2) is 12.7 Å². The molecule has 3 aliphatic rings. The van der Waals surface area contributed by atoms with Crippen LogP contribution in [0.15, 0.2) is 28.8 Å². The molecule has 0 radical (unpaired) electrons. The molecule has 1 spiro atoms. The largest absolute Gasteiger partial charge is 0.339 e. The summed E-state index contributed by atoms with van der Waals surface area (Å²) in [6.07, 6.45) is 3.49. The molecule has 0 N–H and O–H groups in total. The van der Waals surface area contributed by atoms with Crippen LogP contribution in [0.1, 0.15) is 42.0 Å². The van der Waals surface area contributed by atoms with Crippen molar-refractivity contribution in [1.82, 2.24) is 19.3 Å². The maximum Gasteiger partial charge on any atom is 0.231 e. The molecule has 150 valence electrons. The summed E-state index contributed by atoms with van der Waals surface area (Å²) in [5, 5.41) is 4.88. The molecular formula is C19H23ClN4O3S. The van der Waals surface area contributed by atoms with Gasteiger partial charge >= 0.3 is 0 Å². The van der Waals surface area contributed by atoms with E-state index in [1.54, 1.807) is 4.31 Å². The molecule has 1 aromatic carbocycles. The van der Waals surface area contributed by atoms with Gasteiger partial charge in [0.05, 0.1) is 12.2 Å². The van der Waals surface area contributed by atoms with Gasteiger partial charge in [-0.15, -0.1) is 0 Å². The minimum absolute atomic E-state index is 0.0576. The molecule has 0 bridgehead atoms. The Labute approximate surface area is 169 Å². The molecule has 5 rings (SSSR count). The van der Waals surface area contributed by atoms with E-state index in [1.807, 2.05) is 18.2 Å². The summed E-state index contributed by atoms with van der Waals surface area (Å²) in [5.74, 6) is 1.73. The van der Waals surface area contributed by atoms with Gasteiger partial charge < -0.3 is 4.52 Å². The van der Waals surface area contributed by atoms with Gasteiger partial charge in [0.1, 0.15) is 0 Å². The zero-order valence-electron chi connectivity index (χ0n) is 15.7. The average Bonchev–Trinajstić information content (AvgIpc) is 3.18. The quantitative estimate of drug-likeness (QED) is 0.736. The van der Waals surface area contributed by atoms with Crippen molar-refractivity contribution in [3.63, 3.8) is 0 Å². The molecule has 2 aromatic rings. The third kappa shape index (κ3) is 3.36. The molecule has 1 unspecified atom stereocenters. The minimum atomic E-state index is -3.26. The molecule has 2 saturated heterocycles. The summed E-state index contributed by atoms with van der Waals surface area (Å²) in [5.41, 5.74) is 0.986. The van der Waals surface area contributed by atoms with Gasteiger partial charge in [0.25, 0.3) is 0 Å². The molecule has 9 heteroatoms. The highest BCUT2D eigenvalue weighted by atomic mass is 35.5. The molecular weight excluding hydrogens is 400 g/mol. The number of aromatic nitrogens is 2. The molecule has 1 aromatic heterocycles. The highest BCUT2D eigenvalue weighted by Gasteiger charge is 2.58. The van der Waals surface area contributed by atoms with Gasteiger partial charge in [-0.2, -0.15) is 4.98 Å². The van der Waals surface area contributed by atoms with Gasteiger partial charge in [-0.1, -0.05) is 28.9 Å². The van der Waals surface area contributed by atoms with Crippen LogP contribution in [-0.2, 0) is 16.6 Å². The van der Waals surface area contributed by atoms with Crippen molar-refractivity contribution in [2.24, 2.45) is 5.41 Å². The van der Waals surface area contributed by atoms with Crippen molar-refractivity contribution >= 4 is 21.6 Å². The topological polar surface area (TPSA) is 79.5 Å². The number of nitrogens with zero attached hydrogens (tertiary/aromatic N) is 4. The predicted molar refractivity (Wildman–Crippen MR) is 105 cm³/mol. The monoisotopic (exact) mass is 422 g/mol.